The first-order valence-corrected chi connectivity index (χ1v) is 9.80. The van der Waals surface area contributed by atoms with Crippen molar-refractivity contribution in [2.75, 3.05) is 42.3 Å². The summed E-state index contributed by atoms with van der Waals surface area (Å²) in [6, 6.07) is 15.6. The van der Waals surface area contributed by atoms with Gasteiger partial charge in [-0.2, -0.15) is 4.98 Å². The lowest BCUT2D eigenvalue weighted by molar-refractivity contribution is 0.122. The first-order valence-electron chi connectivity index (χ1n) is 9.80. The summed E-state index contributed by atoms with van der Waals surface area (Å²) in [4.78, 5) is 20.3. The zero-order chi connectivity index (χ0) is 20.3. The minimum absolute atomic E-state index is 0.476. The van der Waals surface area contributed by atoms with Crippen LogP contribution in [0.25, 0.3) is 22.2 Å². The summed E-state index contributed by atoms with van der Waals surface area (Å²) in [6.07, 6.45) is 3.52. The topological polar surface area (TPSA) is 102 Å². The smallest absolute Gasteiger partial charge is 0.228 e. The Morgan fingerprint density at radius 2 is 1.87 bits per heavy atom. The van der Waals surface area contributed by atoms with E-state index >= 15 is 0 Å². The Morgan fingerprint density at radius 1 is 0.967 bits per heavy atom. The Labute approximate surface area is 173 Å². The van der Waals surface area contributed by atoms with E-state index in [1.54, 1.807) is 18.5 Å². The highest BCUT2D eigenvalue weighted by Gasteiger charge is 2.17. The first-order chi connectivity index (χ1) is 14.7. The van der Waals surface area contributed by atoms with Crippen molar-refractivity contribution in [2.45, 2.75) is 0 Å². The summed E-state index contributed by atoms with van der Waals surface area (Å²) in [5.74, 6) is 1.85. The van der Waals surface area contributed by atoms with Gasteiger partial charge in [0, 0.05) is 48.2 Å². The van der Waals surface area contributed by atoms with Gasteiger partial charge in [-0.3, -0.25) is 4.98 Å². The van der Waals surface area contributed by atoms with Gasteiger partial charge in [-0.1, -0.05) is 6.07 Å². The predicted molar refractivity (Wildman–Crippen MR) is 118 cm³/mol. The van der Waals surface area contributed by atoms with Crippen LogP contribution in [-0.2, 0) is 4.74 Å². The molecule has 1 fully saturated rings. The molecule has 1 saturated heterocycles. The van der Waals surface area contributed by atoms with E-state index in [-0.39, 0.29) is 0 Å². The molecule has 3 N–H and O–H groups in total. The van der Waals surface area contributed by atoms with Crippen molar-refractivity contribution in [1.82, 2.24) is 19.9 Å². The van der Waals surface area contributed by atoms with Crippen LogP contribution < -0.4 is 16.0 Å². The molecular weight excluding hydrogens is 378 g/mol. The fourth-order valence-corrected chi connectivity index (χ4v) is 3.41. The van der Waals surface area contributed by atoms with Crippen LogP contribution in [0.5, 0.6) is 0 Å². The third kappa shape index (κ3) is 3.85. The summed E-state index contributed by atoms with van der Waals surface area (Å²) in [7, 11) is 0. The van der Waals surface area contributed by atoms with Crippen LogP contribution in [0, 0.1) is 0 Å². The highest BCUT2D eigenvalue weighted by atomic mass is 16.5. The second-order valence-corrected chi connectivity index (χ2v) is 7.05. The molecule has 4 aromatic rings. The Kier molecular flexibility index (Phi) is 4.82. The summed E-state index contributed by atoms with van der Waals surface area (Å²) in [5, 5.41) is 4.48. The monoisotopic (exact) mass is 399 g/mol. The fraction of sp³-hybridized carbons (Fsp3) is 0.182. The molecule has 0 aliphatic carbocycles. The number of nitrogens with one attached hydrogen (secondary N) is 1. The number of benzene rings is 1. The maximum atomic E-state index is 5.75. The second kappa shape index (κ2) is 7.92. The minimum atomic E-state index is 0.476. The lowest BCUT2D eigenvalue weighted by atomic mass is 10.2. The number of hydrogen-bond donors (Lipinski definition) is 2. The van der Waals surface area contributed by atoms with Crippen molar-refractivity contribution in [2.24, 2.45) is 0 Å². The number of rotatable bonds is 4. The lowest BCUT2D eigenvalue weighted by Crippen LogP contribution is -2.37. The molecule has 0 atom stereocenters. The summed E-state index contributed by atoms with van der Waals surface area (Å²) in [6.45, 7) is 2.84. The quantitative estimate of drug-likeness (QED) is 0.539. The van der Waals surface area contributed by atoms with Gasteiger partial charge in [-0.25, -0.2) is 9.97 Å². The molecule has 4 heterocycles. The molecule has 0 amide bonds. The Hall–Kier alpha value is -3.78. The van der Waals surface area contributed by atoms with E-state index in [0.29, 0.717) is 30.8 Å². The van der Waals surface area contributed by atoms with Crippen molar-refractivity contribution in [3.05, 3.63) is 60.9 Å². The van der Waals surface area contributed by atoms with E-state index in [2.05, 4.69) is 26.3 Å². The molecule has 3 aromatic heterocycles. The van der Waals surface area contributed by atoms with E-state index in [0.717, 1.165) is 40.9 Å². The number of nitrogen functional groups attached to an aromatic ring is 1. The van der Waals surface area contributed by atoms with Gasteiger partial charge >= 0.3 is 0 Å². The largest absolute Gasteiger partial charge is 0.384 e. The van der Waals surface area contributed by atoms with Gasteiger partial charge in [0.1, 0.15) is 11.6 Å². The summed E-state index contributed by atoms with van der Waals surface area (Å²) >= 11 is 0. The molecule has 30 heavy (non-hydrogen) atoms. The van der Waals surface area contributed by atoms with Crippen LogP contribution in [0.1, 0.15) is 0 Å². The van der Waals surface area contributed by atoms with Gasteiger partial charge in [0.25, 0.3) is 0 Å². The fourth-order valence-electron chi connectivity index (χ4n) is 3.41. The zero-order valence-electron chi connectivity index (χ0n) is 16.3. The van der Waals surface area contributed by atoms with Crippen molar-refractivity contribution in [3.63, 3.8) is 0 Å². The number of nitrogens with zero attached hydrogens (tertiary/aromatic N) is 5. The number of morpholine rings is 1. The summed E-state index contributed by atoms with van der Waals surface area (Å²) < 4.78 is 5.47. The molecule has 0 radical (unpaired) electrons. The van der Waals surface area contributed by atoms with Gasteiger partial charge in [0.05, 0.1) is 24.4 Å². The predicted octanol–water partition coefficient (Wildman–Crippen LogP) is 3.25. The molecule has 0 unspecified atom stereocenters. The van der Waals surface area contributed by atoms with Gasteiger partial charge < -0.3 is 20.7 Å². The molecule has 1 aliphatic heterocycles. The van der Waals surface area contributed by atoms with Crippen molar-refractivity contribution < 1.29 is 4.74 Å². The van der Waals surface area contributed by atoms with Gasteiger partial charge in [-0.15, -0.1) is 0 Å². The molecule has 0 saturated carbocycles. The molecular formula is C22H21N7O. The van der Waals surface area contributed by atoms with E-state index in [9.17, 15) is 0 Å². The van der Waals surface area contributed by atoms with E-state index in [4.69, 9.17) is 20.4 Å². The number of hydrogen-bond acceptors (Lipinski definition) is 8. The van der Waals surface area contributed by atoms with Crippen LogP contribution in [0.3, 0.4) is 0 Å². The van der Waals surface area contributed by atoms with Gasteiger partial charge in [0.15, 0.2) is 0 Å². The van der Waals surface area contributed by atoms with Crippen LogP contribution in [0.15, 0.2) is 60.9 Å². The Balaban J connectivity index is 1.53. The molecule has 8 heteroatoms. The van der Waals surface area contributed by atoms with Crippen molar-refractivity contribution >= 4 is 34.2 Å². The van der Waals surface area contributed by atoms with Crippen LogP contribution in [0.2, 0.25) is 0 Å². The van der Waals surface area contributed by atoms with Gasteiger partial charge in [0.2, 0.25) is 5.95 Å². The van der Waals surface area contributed by atoms with E-state index < -0.39 is 0 Å². The standard InChI is InChI=1S/C22H21N7O/c23-20-6-3-16(14-25-20)19-13-21(28-22(27-19)29-8-10-30-11-9-29)26-17-4-5-18-15(12-17)2-1-7-24-18/h1-7,12-14H,8-11H2,(H2,23,25)(H,26,27,28). The molecule has 5 rings (SSSR count). The third-order valence-corrected chi connectivity index (χ3v) is 4.97. The first kappa shape index (κ1) is 18.3. The molecule has 1 aliphatic rings. The normalized spacial score (nSPS) is 14.1. The van der Waals surface area contributed by atoms with E-state index in [1.165, 1.54) is 0 Å². The summed E-state index contributed by atoms with van der Waals surface area (Å²) in [5.41, 5.74) is 9.29. The molecule has 0 spiro atoms. The van der Waals surface area contributed by atoms with Crippen molar-refractivity contribution in [1.29, 1.82) is 0 Å². The number of ether oxygens (including phenoxy) is 1. The number of fused-ring (bicyclic) bond motifs is 1. The highest BCUT2D eigenvalue weighted by molar-refractivity contribution is 5.83. The Morgan fingerprint density at radius 3 is 2.70 bits per heavy atom. The SMILES string of the molecule is Nc1ccc(-c2cc(Nc3ccc4ncccc4c3)nc(N3CCOCC3)n2)cn1. The van der Waals surface area contributed by atoms with Gasteiger partial charge in [-0.05, 0) is 36.4 Å². The maximum absolute atomic E-state index is 5.75. The molecule has 1 aromatic carbocycles. The zero-order valence-corrected chi connectivity index (χ0v) is 16.3. The highest BCUT2D eigenvalue weighted by Crippen LogP contribution is 2.26. The lowest BCUT2D eigenvalue weighted by Gasteiger charge is -2.27. The van der Waals surface area contributed by atoms with Crippen LogP contribution in [-0.4, -0.2) is 46.2 Å². The van der Waals surface area contributed by atoms with Crippen LogP contribution >= 0.6 is 0 Å². The minimum Gasteiger partial charge on any atom is -0.384 e. The average molecular weight is 399 g/mol. The number of anilines is 4. The number of nitrogens with two attached hydrogens (primary N) is 1. The number of aromatic nitrogens is 4. The average Bonchev–Trinajstić information content (AvgIpc) is 2.80. The molecule has 0 bridgehead atoms. The van der Waals surface area contributed by atoms with Crippen LogP contribution in [0.4, 0.5) is 23.3 Å². The third-order valence-electron chi connectivity index (χ3n) is 4.97. The molecule has 150 valence electrons. The van der Waals surface area contributed by atoms with Crippen molar-refractivity contribution in [3.8, 4) is 11.3 Å². The van der Waals surface area contributed by atoms with E-state index in [1.807, 2.05) is 36.4 Å². The Bertz CT molecular complexity index is 1170. The maximum Gasteiger partial charge on any atom is 0.228 e. The molecule has 8 nitrogen and oxygen atoms in total. The second-order valence-electron chi connectivity index (χ2n) is 7.05. The number of pyridine rings is 2.